The van der Waals surface area contributed by atoms with Crippen LogP contribution in [-0.4, -0.2) is 12.4 Å². The first-order valence-electron chi connectivity index (χ1n) is 6.42. The van der Waals surface area contributed by atoms with Crippen LogP contribution in [0.25, 0.3) is 0 Å². The normalized spacial score (nSPS) is 23.5. The van der Waals surface area contributed by atoms with Crippen LogP contribution < -0.4 is 5.32 Å². The third kappa shape index (κ3) is 3.54. The number of hydrogen-bond acceptors (Lipinski definition) is 1. The Bertz CT molecular complexity index is 395. The summed E-state index contributed by atoms with van der Waals surface area (Å²) in [7, 11) is 0. The number of halogens is 3. The van der Waals surface area contributed by atoms with Crippen molar-refractivity contribution in [1.82, 2.24) is 5.32 Å². The van der Waals surface area contributed by atoms with Gasteiger partial charge in [0.1, 0.15) is 0 Å². The smallest absolute Gasteiger partial charge is 0.0637 e. The fraction of sp³-hybridized carbons (Fsp3) is 0.571. The van der Waals surface area contributed by atoms with Crippen LogP contribution in [0.15, 0.2) is 18.2 Å². The molecule has 1 fully saturated rings. The molecule has 0 radical (unpaired) electrons. The molecule has 1 N–H and O–H groups in total. The molecule has 1 aliphatic rings. The standard InChI is InChI=1S/C14H18Cl3N/c15-7-10-3-1-4-11(10)8-18-9-12-5-2-6-13(16)14(12)17/h2,5-6,10-11,18H,1,3-4,7-9H2. The molecule has 0 heterocycles. The number of hydrogen-bond donors (Lipinski definition) is 1. The maximum atomic E-state index is 6.15. The van der Waals surface area contributed by atoms with Crippen molar-refractivity contribution in [3.63, 3.8) is 0 Å². The van der Waals surface area contributed by atoms with Crippen LogP contribution in [0.3, 0.4) is 0 Å². The molecule has 0 spiro atoms. The Balaban J connectivity index is 1.83. The summed E-state index contributed by atoms with van der Waals surface area (Å²) in [6, 6.07) is 5.76. The highest BCUT2D eigenvalue weighted by atomic mass is 35.5. The zero-order chi connectivity index (χ0) is 13.0. The monoisotopic (exact) mass is 305 g/mol. The van der Waals surface area contributed by atoms with Gasteiger partial charge in [-0.1, -0.05) is 41.8 Å². The molecular formula is C14H18Cl3N. The minimum atomic E-state index is 0.621. The third-order valence-electron chi connectivity index (χ3n) is 3.77. The van der Waals surface area contributed by atoms with E-state index in [0.717, 1.165) is 24.5 Å². The summed E-state index contributed by atoms with van der Waals surface area (Å²) < 4.78 is 0. The molecule has 0 aliphatic heterocycles. The fourth-order valence-electron chi connectivity index (χ4n) is 2.66. The maximum Gasteiger partial charge on any atom is 0.0637 e. The van der Waals surface area contributed by atoms with E-state index < -0.39 is 0 Å². The van der Waals surface area contributed by atoms with Gasteiger partial charge in [-0.15, -0.1) is 11.6 Å². The Morgan fingerprint density at radius 1 is 1.17 bits per heavy atom. The first-order valence-corrected chi connectivity index (χ1v) is 7.71. The highest BCUT2D eigenvalue weighted by Crippen LogP contribution is 2.32. The van der Waals surface area contributed by atoms with Crippen LogP contribution in [0.1, 0.15) is 24.8 Å². The maximum absolute atomic E-state index is 6.15. The predicted molar refractivity (Wildman–Crippen MR) is 79.7 cm³/mol. The topological polar surface area (TPSA) is 12.0 Å². The highest BCUT2D eigenvalue weighted by molar-refractivity contribution is 6.42. The lowest BCUT2D eigenvalue weighted by atomic mass is 9.98. The van der Waals surface area contributed by atoms with Crippen LogP contribution >= 0.6 is 34.8 Å². The van der Waals surface area contributed by atoms with Crippen LogP contribution in [0, 0.1) is 11.8 Å². The van der Waals surface area contributed by atoms with Crippen molar-refractivity contribution in [3.8, 4) is 0 Å². The molecule has 0 amide bonds. The lowest BCUT2D eigenvalue weighted by Gasteiger charge is -2.18. The summed E-state index contributed by atoms with van der Waals surface area (Å²) in [6.07, 6.45) is 3.86. The van der Waals surface area contributed by atoms with Gasteiger partial charge < -0.3 is 5.32 Å². The van der Waals surface area contributed by atoms with Gasteiger partial charge in [0.25, 0.3) is 0 Å². The molecule has 1 aromatic rings. The van der Waals surface area contributed by atoms with Crippen molar-refractivity contribution in [2.45, 2.75) is 25.8 Å². The van der Waals surface area contributed by atoms with E-state index in [0.29, 0.717) is 21.9 Å². The van der Waals surface area contributed by atoms with E-state index in [9.17, 15) is 0 Å². The summed E-state index contributed by atoms with van der Waals surface area (Å²) in [6.45, 7) is 1.78. The van der Waals surface area contributed by atoms with Crippen LogP contribution in [0.2, 0.25) is 10.0 Å². The number of alkyl halides is 1. The quantitative estimate of drug-likeness (QED) is 0.775. The molecule has 4 heteroatoms. The van der Waals surface area contributed by atoms with Crippen LogP contribution in [-0.2, 0) is 6.54 Å². The minimum Gasteiger partial charge on any atom is -0.312 e. The number of rotatable bonds is 5. The van der Waals surface area contributed by atoms with Gasteiger partial charge in [0, 0.05) is 12.4 Å². The van der Waals surface area contributed by atoms with Crippen molar-refractivity contribution in [3.05, 3.63) is 33.8 Å². The molecule has 2 rings (SSSR count). The fourth-order valence-corrected chi connectivity index (χ4v) is 3.46. The Kier molecular flexibility index (Phi) is 5.62. The summed E-state index contributed by atoms with van der Waals surface area (Å²) in [5, 5.41) is 4.75. The van der Waals surface area contributed by atoms with E-state index in [1.54, 1.807) is 0 Å². The molecule has 1 aliphatic carbocycles. The van der Waals surface area contributed by atoms with E-state index in [1.807, 2.05) is 18.2 Å². The largest absolute Gasteiger partial charge is 0.312 e. The van der Waals surface area contributed by atoms with Gasteiger partial charge >= 0.3 is 0 Å². The van der Waals surface area contributed by atoms with E-state index in [1.165, 1.54) is 19.3 Å². The van der Waals surface area contributed by atoms with Crippen molar-refractivity contribution < 1.29 is 0 Å². The van der Waals surface area contributed by atoms with Crippen molar-refractivity contribution in [1.29, 1.82) is 0 Å². The average molecular weight is 307 g/mol. The molecule has 1 aromatic carbocycles. The summed E-state index contributed by atoms with van der Waals surface area (Å²) in [5.41, 5.74) is 1.06. The van der Waals surface area contributed by atoms with Crippen molar-refractivity contribution in [2.24, 2.45) is 11.8 Å². The SMILES string of the molecule is ClCC1CCCC1CNCc1cccc(Cl)c1Cl. The summed E-state index contributed by atoms with van der Waals surface area (Å²) >= 11 is 18.1. The molecule has 2 atom stereocenters. The number of nitrogens with one attached hydrogen (secondary N) is 1. The van der Waals surface area contributed by atoms with Crippen LogP contribution in [0.5, 0.6) is 0 Å². The molecule has 1 nitrogen and oxygen atoms in total. The van der Waals surface area contributed by atoms with E-state index in [2.05, 4.69) is 5.32 Å². The number of benzene rings is 1. The summed E-state index contributed by atoms with van der Waals surface area (Å²) in [4.78, 5) is 0. The van der Waals surface area contributed by atoms with E-state index >= 15 is 0 Å². The summed E-state index contributed by atoms with van der Waals surface area (Å²) in [5.74, 6) is 2.17. The van der Waals surface area contributed by atoms with Gasteiger partial charge in [-0.3, -0.25) is 0 Å². The minimum absolute atomic E-state index is 0.621. The second kappa shape index (κ2) is 7.00. The van der Waals surface area contributed by atoms with Gasteiger partial charge in [-0.05, 0) is 42.9 Å². The average Bonchev–Trinajstić information content (AvgIpc) is 2.82. The second-order valence-corrected chi connectivity index (χ2v) is 6.04. The predicted octanol–water partition coefficient (Wildman–Crippen LogP) is 4.74. The Morgan fingerprint density at radius 2 is 1.94 bits per heavy atom. The van der Waals surface area contributed by atoms with Gasteiger partial charge in [0.2, 0.25) is 0 Å². The molecule has 0 saturated heterocycles. The molecule has 100 valence electrons. The lowest BCUT2D eigenvalue weighted by molar-refractivity contribution is 0.395. The Labute approximate surface area is 124 Å². The van der Waals surface area contributed by atoms with E-state index in [-0.39, 0.29) is 0 Å². The van der Waals surface area contributed by atoms with E-state index in [4.69, 9.17) is 34.8 Å². The van der Waals surface area contributed by atoms with Gasteiger partial charge in [-0.2, -0.15) is 0 Å². The highest BCUT2D eigenvalue weighted by Gasteiger charge is 2.25. The molecule has 18 heavy (non-hydrogen) atoms. The van der Waals surface area contributed by atoms with Gasteiger partial charge in [0.15, 0.2) is 0 Å². The Morgan fingerprint density at radius 3 is 2.72 bits per heavy atom. The molecule has 1 saturated carbocycles. The molecule has 0 bridgehead atoms. The zero-order valence-electron chi connectivity index (χ0n) is 10.3. The van der Waals surface area contributed by atoms with Gasteiger partial charge in [-0.25, -0.2) is 0 Å². The third-order valence-corrected chi connectivity index (χ3v) is 5.02. The van der Waals surface area contributed by atoms with Crippen molar-refractivity contribution >= 4 is 34.8 Å². The molecular weight excluding hydrogens is 289 g/mol. The first kappa shape index (κ1) is 14.5. The molecule has 0 aromatic heterocycles. The van der Waals surface area contributed by atoms with Gasteiger partial charge in [0.05, 0.1) is 10.0 Å². The van der Waals surface area contributed by atoms with Crippen LogP contribution in [0.4, 0.5) is 0 Å². The zero-order valence-corrected chi connectivity index (χ0v) is 12.5. The molecule has 2 unspecified atom stereocenters. The Hall–Kier alpha value is 0.0500. The second-order valence-electron chi connectivity index (χ2n) is 4.95. The van der Waals surface area contributed by atoms with Crippen molar-refractivity contribution in [2.75, 3.05) is 12.4 Å². The first-order chi connectivity index (χ1) is 8.72. The lowest BCUT2D eigenvalue weighted by Crippen LogP contribution is -2.25.